The van der Waals surface area contributed by atoms with Gasteiger partial charge in [-0.3, -0.25) is 0 Å². The van der Waals surface area contributed by atoms with E-state index < -0.39 is 11.7 Å². The summed E-state index contributed by atoms with van der Waals surface area (Å²) in [6, 6.07) is 2.98. The number of halogens is 5. The van der Waals surface area contributed by atoms with E-state index >= 15 is 0 Å². The van der Waals surface area contributed by atoms with Crippen LogP contribution in [0.3, 0.4) is 0 Å². The highest BCUT2D eigenvalue weighted by atomic mass is 127. The van der Waals surface area contributed by atoms with Crippen molar-refractivity contribution in [1.82, 2.24) is 0 Å². The van der Waals surface area contributed by atoms with Crippen molar-refractivity contribution in [2.24, 2.45) is 5.73 Å². The van der Waals surface area contributed by atoms with Gasteiger partial charge in [0.25, 0.3) is 0 Å². The molecule has 0 fully saturated rings. The van der Waals surface area contributed by atoms with Crippen molar-refractivity contribution < 1.29 is 13.2 Å². The normalized spacial score (nSPS) is 11.9. The van der Waals surface area contributed by atoms with E-state index in [0.717, 1.165) is 0 Å². The Morgan fingerprint density at radius 3 is 2.29 bits per heavy atom. The highest BCUT2D eigenvalue weighted by Crippen LogP contribution is 2.38. The third-order valence-corrected chi connectivity index (χ3v) is 3.36. The highest BCUT2D eigenvalue weighted by molar-refractivity contribution is 14.1. The molecule has 6 heteroatoms. The van der Waals surface area contributed by atoms with Gasteiger partial charge in [0.05, 0.1) is 5.56 Å². The smallest absolute Gasteiger partial charge is 0.326 e. The Balaban J connectivity index is 3.46. The van der Waals surface area contributed by atoms with Gasteiger partial charge in [0.1, 0.15) is 0 Å². The van der Waals surface area contributed by atoms with Crippen LogP contribution < -0.4 is 5.73 Å². The molecule has 1 nitrogen and oxygen atoms in total. The molecular formula is C8H6BrF3IN. The molecule has 1 aromatic rings. The first kappa shape index (κ1) is 12.3. The lowest BCUT2D eigenvalue weighted by atomic mass is 10.1. The number of benzene rings is 1. The number of hydrogen-bond acceptors (Lipinski definition) is 1. The molecule has 0 atom stereocenters. The zero-order valence-electron chi connectivity index (χ0n) is 6.83. The molecule has 0 heterocycles. The van der Waals surface area contributed by atoms with E-state index in [4.69, 9.17) is 5.73 Å². The summed E-state index contributed by atoms with van der Waals surface area (Å²) in [6.45, 7) is -0.118. The lowest BCUT2D eigenvalue weighted by Crippen LogP contribution is -2.14. The molecule has 1 rings (SSSR count). The second kappa shape index (κ2) is 4.36. The Hall–Kier alpha value is 0.180. The van der Waals surface area contributed by atoms with Crippen LogP contribution in [0.4, 0.5) is 13.2 Å². The van der Waals surface area contributed by atoms with E-state index in [1.807, 2.05) is 22.6 Å². The molecule has 14 heavy (non-hydrogen) atoms. The maximum atomic E-state index is 12.6. The van der Waals surface area contributed by atoms with Gasteiger partial charge in [0.15, 0.2) is 0 Å². The van der Waals surface area contributed by atoms with Gasteiger partial charge in [-0.05, 0) is 40.3 Å². The Morgan fingerprint density at radius 1 is 1.36 bits per heavy atom. The van der Waals surface area contributed by atoms with Crippen LogP contribution in [-0.2, 0) is 12.7 Å². The molecule has 0 saturated carbocycles. The number of rotatable bonds is 1. The van der Waals surface area contributed by atoms with E-state index in [0.29, 0.717) is 3.57 Å². The molecule has 0 aromatic heterocycles. The predicted octanol–water partition coefficient (Wildman–Crippen LogP) is 3.53. The molecule has 0 aliphatic carbocycles. The van der Waals surface area contributed by atoms with Crippen LogP contribution in [0.25, 0.3) is 0 Å². The molecule has 78 valence electrons. The minimum Gasteiger partial charge on any atom is -0.326 e. The fourth-order valence-electron chi connectivity index (χ4n) is 1.10. The Morgan fingerprint density at radius 2 is 1.93 bits per heavy atom. The lowest BCUT2D eigenvalue weighted by Gasteiger charge is -2.14. The van der Waals surface area contributed by atoms with Crippen LogP contribution in [0.5, 0.6) is 0 Å². The zero-order valence-corrected chi connectivity index (χ0v) is 10.6. The van der Waals surface area contributed by atoms with E-state index in [1.54, 1.807) is 6.07 Å². The molecule has 0 amide bonds. The minimum atomic E-state index is -4.37. The Kier molecular flexibility index (Phi) is 3.81. The molecule has 1 aromatic carbocycles. The molecular weight excluding hydrogens is 374 g/mol. The summed E-state index contributed by atoms with van der Waals surface area (Å²) in [5.74, 6) is 0. The standard InChI is InChI=1S/C8H6BrF3IN/c9-5-1-2-6(13)4(3-14)7(5)8(10,11)12/h1-2H,3,14H2. The minimum absolute atomic E-state index is 0.0332. The quantitative estimate of drug-likeness (QED) is 0.742. The summed E-state index contributed by atoms with van der Waals surface area (Å²) < 4.78 is 38.3. The molecule has 0 spiro atoms. The first-order valence-electron chi connectivity index (χ1n) is 3.62. The molecule has 0 saturated heterocycles. The summed E-state index contributed by atoms with van der Waals surface area (Å²) in [4.78, 5) is 0. The molecule has 0 bridgehead atoms. The molecule has 0 unspecified atom stereocenters. The van der Waals surface area contributed by atoms with E-state index in [2.05, 4.69) is 15.9 Å². The third kappa shape index (κ3) is 2.40. The van der Waals surface area contributed by atoms with Gasteiger partial charge in [-0.2, -0.15) is 13.2 Å². The summed E-state index contributed by atoms with van der Waals surface area (Å²) in [7, 11) is 0. The molecule has 0 aliphatic heterocycles. The Labute approximate surface area is 101 Å². The third-order valence-electron chi connectivity index (χ3n) is 1.69. The van der Waals surface area contributed by atoms with Crippen molar-refractivity contribution in [3.63, 3.8) is 0 Å². The van der Waals surface area contributed by atoms with Gasteiger partial charge >= 0.3 is 6.18 Å². The largest absolute Gasteiger partial charge is 0.417 e. The van der Waals surface area contributed by atoms with Crippen molar-refractivity contribution in [2.45, 2.75) is 12.7 Å². The topological polar surface area (TPSA) is 26.0 Å². The fourth-order valence-corrected chi connectivity index (χ4v) is 2.37. The lowest BCUT2D eigenvalue weighted by molar-refractivity contribution is -0.138. The number of nitrogens with two attached hydrogens (primary N) is 1. The maximum absolute atomic E-state index is 12.6. The average molecular weight is 380 g/mol. The monoisotopic (exact) mass is 379 g/mol. The average Bonchev–Trinajstić information content (AvgIpc) is 2.06. The van der Waals surface area contributed by atoms with Crippen molar-refractivity contribution in [3.05, 3.63) is 31.3 Å². The first-order valence-corrected chi connectivity index (χ1v) is 5.49. The number of hydrogen-bond donors (Lipinski definition) is 1. The summed E-state index contributed by atoms with van der Waals surface area (Å²) >= 11 is 4.72. The number of alkyl halides is 3. The summed E-state index contributed by atoms with van der Waals surface area (Å²) in [5, 5.41) is 0. The molecule has 0 radical (unpaired) electrons. The zero-order chi connectivity index (χ0) is 10.9. The molecule has 2 N–H and O–H groups in total. The van der Waals surface area contributed by atoms with Gasteiger partial charge in [-0.1, -0.05) is 15.9 Å². The Bertz CT molecular complexity index is 351. The van der Waals surface area contributed by atoms with Gasteiger partial charge in [0.2, 0.25) is 0 Å². The van der Waals surface area contributed by atoms with E-state index in [-0.39, 0.29) is 16.6 Å². The van der Waals surface area contributed by atoms with Crippen LogP contribution in [0.15, 0.2) is 16.6 Å². The first-order chi connectivity index (χ1) is 6.38. The summed E-state index contributed by atoms with van der Waals surface area (Å²) in [5.41, 5.74) is 4.75. The van der Waals surface area contributed by atoms with E-state index in [1.165, 1.54) is 6.07 Å². The van der Waals surface area contributed by atoms with E-state index in [9.17, 15) is 13.2 Å². The van der Waals surface area contributed by atoms with Crippen molar-refractivity contribution in [3.8, 4) is 0 Å². The van der Waals surface area contributed by atoms with Crippen molar-refractivity contribution in [2.75, 3.05) is 0 Å². The van der Waals surface area contributed by atoms with Gasteiger partial charge in [-0.25, -0.2) is 0 Å². The van der Waals surface area contributed by atoms with Crippen LogP contribution >= 0.6 is 38.5 Å². The van der Waals surface area contributed by atoms with Crippen LogP contribution in [0.2, 0.25) is 0 Å². The SMILES string of the molecule is NCc1c(I)ccc(Br)c1C(F)(F)F. The van der Waals surface area contributed by atoms with Crippen LogP contribution in [-0.4, -0.2) is 0 Å². The highest BCUT2D eigenvalue weighted by Gasteiger charge is 2.36. The predicted molar refractivity (Wildman–Crippen MR) is 59.8 cm³/mol. The second-order valence-corrected chi connectivity index (χ2v) is 4.60. The molecule has 0 aliphatic rings. The van der Waals surface area contributed by atoms with Crippen molar-refractivity contribution in [1.29, 1.82) is 0 Å². The van der Waals surface area contributed by atoms with Crippen molar-refractivity contribution >= 4 is 38.5 Å². The van der Waals surface area contributed by atoms with Gasteiger partial charge < -0.3 is 5.73 Å². The van der Waals surface area contributed by atoms with Gasteiger partial charge in [-0.15, -0.1) is 0 Å². The van der Waals surface area contributed by atoms with Gasteiger partial charge in [0, 0.05) is 14.6 Å². The van der Waals surface area contributed by atoms with Crippen LogP contribution in [0.1, 0.15) is 11.1 Å². The fraction of sp³-hybridized carbons (Fsp3) is 0.250. The van der Waals surface area contributed by atoms with Crippen LogP contribution in [0, 0.1) is 3.57 Å². The maximum Gasteiger partial charge on any atom is 0.417 e. The summed E-state index contributed by atoms with van der Waals surface area (Å²) in [6.07, 6.45) is -4.37. The second-order valence-electron chi connectivity index (χ2n) is 2.58.